The zero-order chi connectivity index (χ0) is 18.6. The van der Waals surface area contributed by atoms with Crippen LogP contribution in [0.3, 0.4) is 0 Å². The molecule has 0 radical (unpaired) electrons. The first-order valence-corrected chi connectivity index (χ1v) is 8.06. The van der Waals surface area contributed by atoms with Crippen molar-refractivity contribution < 1.29 is 22.4 Å². The Morgan fingerprint density at radius 2 is 1.81 bits per heavy atom. The minimum Gasteiger partial charge on any atom is -0.349 e. The van der Waals surface area contributed by atoms with Crippen molar-refractivity contribution >= 4 is 16.8 Å². The number of fused-ring (bicyclic) bond motifs is 3. The van der Waals surface area contributed by atoms with E-state index in [1.807, 2.05) is 11.5 Å². The molecule has 0 saturated carbocycles. The molecule has 0 saturated heterocycles. The second-order valence-corrected chi connectivity index (χ2v) is 6.42. The molecule has 26 heavy (non-hydrogen) atoms. The molecule has 0 aliphatic carbocycles. The SMILES string of the molecule is C[C@@H]1CNC(=O)c2cc3cc(F)cc(-c4ccc(C(F)(F)F)cc4)c3n21. The van der Waals surface area contributed by atoms with Gasteiger partial charge in [-0.05, 0) is 42.8 Å². The first kappa shape index (κ1) is 16.6. The molecule has 0 bridgehead atoms. The Morgan fingerprint density at radius 1 is 1.12 bits per heavy atom. The van der Waals surface area contributed by atoms with E-state index in [2.05, 4.69) is 5.32 Å². The predicted molar refractivity (Wildman–Crippen MR) is 89.4 cm³/mol. The summed E-state index contributed by atoms with van der Waals surface area (Å²) in [4.78, 5) is 12.1. The Labute approximate surface area is 146 Å². The number of amides is 1. The summed E-state index contributed by atoms with van der Waals surface area (Å²) in [6, 6.07) is 8.77. The van der Waals surface area contributed by atoms with Crippen LogP contribution in [0, 0.1) is 5.82 Å². The van der Waals surface area contributed by atoms with Gasteiger partial charge in [0.2, 0.25) is 0 Å². The third-order valence-corrected chi connectivity index (χ3v) is 4.65. The number of aromatic nitrogens is 1. The van der Waals surface area contributed by atoms with E-state index < -0.39 is 17.6 Å². The Balaban J connectivity index is 1.97. The Bertz CT molecular complexity index is 1020. The summed E-state index contributed by atoms with van der Waals surface area (Å²) >= 11 is 0. The molecule has 1 aliphatic rings. The molecule has 2 heterocycles. The molecule has 134 valence electrons. The normalized spacial score (nSPS) is 17.3. The predicted octanol–water partition coefficient (Wildman–Crippen LogP) is 4.77. The van der Waals surface area contributed by atoms with E-state index >= 15 is 0 Å². The molecule has 1 atom stereocenters. The van der Waals surface area contributed by atoms with Gasteiger partial charge in [-0.25, -0.2) is 4.39 Å². The molecule has 1 aliphatic heterocycles. The number of nitrogens with zero attached hydrogens (tertiary/aromatic N) is 1. The summed E-state index contributed by atoms with van der Waals surface area (Å²) in [5.41, 5.74) is 1.21. The van der Waals surface area contributed by atoms with Crippen LogP contribution >= 0.6 is 0 Å². The first-order valence-electron chi connectivity index (χ1n) is 8.06. The molecule has 7 heteroatoms. The van der Waals surface area contributed by atoms with Crippen molar-refractivity contribution in [1.29, 1.82) is 0 Å². The van der Waals surface area contributed by atoms with E-state index in [0.717, 1.165) is 12.1 Å². The van der Waals surface area contributed by atoms with Gasteiger partial charge >= 0.3 is 6.18 Å². The van der Waals surface area contributed by atoms with Crippen LogP contribution in [0.2, 0.25) is 0 Å². The van der Waals surface area contributed by atoms with Crippen LogP contribution in [0.15, 0.2) is 42.5 Å². The molecule has 1 N–H and O–H groups in total. The highest BCUT2D eigenvalue weighted by Gasteiger charge is 2.30. The number of carbonyl (C=O) groups is 1. The van der Waals surface area contributed by atoms with Crippen LogP contribution in [0.25, 0.3) is 22.0 Å². The van der Waals surface area contributed by atoms with Gasteiger partial charge in [0.05, 0.1) is 11.1 Å². The van der Waals surface area contributed by atoms with Crippen molar-refractivity contribution in [2.75, 3.05) is 6.54 Å². The summed E-state index contributed by atoms with van der Waals surface area (Å²) in [7, 11) is 0. The minimum atomic E-state index is -4.43. The highest BCUT2D eigenvalue weighted by Crippen LogP contribution is 2.37. The Hall–Kier alpha value is -2.83. The number of halogens is 4. The summed E-state index contributed by atoms with van der Waals surface area (Å²) in [6.07, 6.45) is -4.43. The van der Waals surface area contributed by atoms with E-state index in [4.69, 9.17) is 0 Å². The van der Waals surface area contributed by atoms with E-state index in [1.54, 1.807) is 6.07 Å². The molecule has 2 aromatic carbocycles. The van der Waals surface area contributed by atoms with Gasteiger partial charge in [0, 0.05) is 23.5 Å². The van der Waals surface area contributed by atoms with Crippen LogP contribution in [0.5, 0.6) is 0 Å². The highest BCUT2D eigenvalue weighted by molar-refractivity contribution is 6.04. The van der Waals surface area contributed by atoms with Crippen molar-refractivity contribution in [3.8, 4) is 11.1 Å². The van der Waals surface area contributed by atoms with Crippen molar-refractivity contribution in [3.05, 3.63) is 59.5 Å². The lowest BCUT2D eigenvalue weighted by Gasteiger charge is -2.25. The third-order valence-electron chi connectivity index (χ3n) is 4.65. The van der Waals surface area contributed by atoms with E-state index in [9.17, 15) is 22.4 Å². The number of rotatable bonds is 1. The van der Waals surface area contributed by atoms with Gasteiger partial charge in [-0.3, -0.25) is 4.79 Å². The minimum absolute atomic E-state index is 0.0566. The highest BCUT2D eigenvalue weighted by atomic mass is 19.4. The Kier molecular flexibility index (Phi) is 3.57. The number of benzene rings is 2. The standard InChI is InChI=1S/C19H14F4N2O/c1-10-9-24-18(26)16-7-12-6-14(20)8-15(17(12)25(10)16)11-2-4-13(5-3-11)19(21,22)23/h2-8,10H,9H2,1H3,(H,24,26)/t10-/m1/s1. The summed E-state index contributed by atoms with van der Waals surface area (Å²) in [5, 5.41) is 3.31. The topological polar surface area (TPSA) is 34.0 Å². The zero-order valence-corrected chi connectivity index (χ0v) is 13.7. The van der Waals surface area contributed by atoms with E-state index in [0.29, 0.717) is 34.3 Å². The molecule has 3 nitrogen and oxygen atoms in total. The molecule has 1 aromatic heterocycles. The average molecular weight is 362 g/mol. The van der Waals surface area contributed by atoms with Gasteiger partial charge in [0.25, 0.3) is 5.91 Å². The monoisotopic (exact) mass is 362 g/mol. The maximum Gasteiger partial charge on any atom is 0.416 e. The largest absolute Gasteiger partial charge is 0.416 e. The number of alkyl halides is 3. The number of nitrogens with one attached hydrogen (secondary N) is 1. The number of hydrogen-bond acceptors (Lipinski definition) is 1. The molecular formula is C19H14F4N2O. The molecule has 0 unspecified atom stereocenters. The summed E-state index contributed by atoms with van der Waals surface area (Å²) < 4.78 is 54.3. The molecule has 4 rings (SSSR count). The lowest BCUT2D eigenvalue weighted by Crippen LogP contribution is -2.37. The van der Waals surface area contributed by atoms with E-state index in [1.165, 1.54) is 24.3 Å². The van der Waals surface area contributed by atoms with Crippen LogP contribution in [-0.2, 0) is 6.18 Å². The van der Waals surface area contributed by atoms with Crippen LogP contribution in [0.1, 0.15) is 29.0 Å². The van der Waals surface area contributed by atoms with Crippen molar-refractivity contribution in [3.63, 3.8) is 0 Å². The molecule has 0 fully saturated rings. The number of hydrogen-bond donors (Lipinski definition) is 1. The first-order chi connectivity index (χ1) is 12.3. The fraction of sp³-hybridized carbons (Fsp3) is 0.211. The van der Waals surface area contributed by atoms with Gasteiger partial charge in [-0.2, -0.15) is 13.2 Å². The van der Waals surface area contributed by atoms with Gasteiger partial charge in [-0.1, -0.05) is 12.1 Å². The fourth-order valence-electron chi connectivity index (χ4n) is 3.45. The van der Waals surface area contributed by atoms with Crippen LogP contribution in [-0.4, -0.2) is 17.0 Å². The summed E-state index contributed by atoms with van der Waals surface area (Å²) in [5.74, 6) is -0.763. The van der Waals surface area contributed by atoms with Crippen LogP contribution in [0.4, 0.5) is 17.6 Å². The van der Waals surface area contributed by atoms with E-state index in [-0.39, 0.29) is 11.9 Å². The van der Waals surface area contributed by atoms with Gasteiger partial charge in [0.1, 0.15) is 11.5 Å². The number of carbonyl (C=O) groups excluding carboxylic acids is 1. The maximum atomic E-state index is 14.1. The van der Waals surface area contributed by atoms with Gasteiger partial charge < -0.3 is 9.88 Å². The second-order valence-electron chi connectivity index (χ2n) is 6.42. The Morgan fingerprint density at radius 3 is 2.46 bits per heavy atom. The van der Waals surface area contributed by atoms with Crippen molar-refractivity contribution in [2.45, 2.75) is 19.1 Å². The van der Waals surface area contributed by atoms with Gasteiger partial charge in [0.15, 0.2) is 0 Å². The molecule has 3 aromatic rings. The molecule has 1 amide bonds. The lowest BCUT2D eigenvalue weighted by atomic mass is 10.0. The van der Waals surface area contributed by atoms with Crippen molar-refractivity contribution in [1.82, 2.24) is 9.88 Å². The van der Waals surface area contributed by atoms with Gasteiger partial charge in [-0.15, -0.1) is 0 Å². The quantitative estimate of drug-likeness (QED) is 0.622. The average Bonchev–Trinajstić information content (AvgIpc) is 2.97. The smallest absolute Gasteiger partial charge is 0.349 e. The fourth-order valence-corrected chi connectivity index (χ4v) is 3.45. The maximum absolute atomic E-state index is 14.1. The molecule has 0 spiro atoms. The molecular weight excluding hydrogens is 348 g/mol. The summed E-state index contributed by atoms with van der Waals surface area (Å²) in [6.45, 7) is 2.35. The van der Waals surface area contributed by atoms with Crippen molar-refractivity contribution in [2.24, 2.45) is 0 Å². The zero-order valence-electron chi connectivity index (χ0n) is 13.7. The van der Waals surface area contributed by atoms with Crippen LogP contribution < -0.4 is 5.32 Å². The lowest BCUT2D eigenvalue weighted by molar-refractivity contribution is -0.137. The third kappa shape index (κ3) is 2.55. The second kappa shape index (κ2) is 5.59.